The minimum atomic E-state index is -1.05. The number of halogens is 2. The molecule has 1 fully saturated rings. The van der Waals surface area contributed by atoms with Crippen LogP contribution in [-0.4, -0.2) is 18.8 Å². The second kappa shape index (κ2) is 4.87. The molecule has 3 nitrogen and oxygen atoms in total. The fourth-order valence-electron chi connectivity index (χ4n) is 2.14. The van der Waals surface area contributed by atoms with E-state index in [1.807, 2.05) is 0 Å². The van der Waals surface area contributed by atoms with E-state index in [0.29, 0.717) is 0 Å². The van der Waals surface area contributed by atoms with Gasteiger partial charge in [0.15, 0.2) is 17.3 Å². The molecule has 1 aromatic rings. The fraction of sp³-hybridized carbons (Fsp3) is 0.500. The van der Waals surface area contributed by atoms with Gasteiger partial charge in [-0.05, 0) is 25.5 Å². The van der Waals surface area contributed by atoms with Gasteiger partial charge in [-0.15, -0.1) is 0 Å². The van der Waals surface area contributed by atoms with Crippen LogP contribution >= 0.6 is 0 Å². The summed E-state index contributed by atoms with van der Waals surface area (Å²) in [6.07, 6.45) is 2.80. The number of hydrogen-bond acceptors (Lipinski definition) is 3. The third kappa shape index (κ3) is 2.20. The maximum atomic E-state index is 13.8. The van der Waals surface area contributed by atoms with Crippen molar-refractivity contribution < 1.29 is 18.6 Å². The normalized spacial score (nSPS) is 20.3. The molecule has 0 bridgehead atoms. The molecule has 1 unspecified atom stereocenters. The van der Waals surface area contributed by atoms with Crippen molar-refractivity contribution in [2.45, 2.75) is 25.3 Å². The van der Waals surface area contributed by atoms with Crippen LogP contribution < -0.4 is 10.1 Å². The Kier molecular flexibility index (Phi) is 3.47. The Bertz CT molecular complexity index is 417. The van der Waals surface area contributed by atoms with E-state index < -0.39 is 17.4 Å². The number of hydrogen-bond donors (Lipinski definition) is 2. The zero-order valence-electron chi connectivity index (χ0n) is 9.59. The summed E-state index contributed by atoms with van der Waals surface area (Å²) in [6, 6.07) is 1.12. The average molecular weight is 243 g/mol. The summed E-state index contributed by atoms with van der Waals surface area (Å²) in [5, 5.41) is 12.5. The minimum Gasteiger partial charge on any atom is -0.503 e. The summed E-state index contributed by atoms with van der Waals surface area (Å²) in [6.45, 7) is 0.796. The lowest BCUT2D eigenvalue weighted by molar-refractivity contribution is 0.337. The van der Waals surface area contributed by atoms with Crippen molar-refractivity contribution in [2.75, 3.05) is 13.7 Å². The maximum Gasteiger partial charge on any atom is 0.209 e. The van der Waals surface area contributed by atoms with Crippen molar-refractivity contribution in [3.63, 3.8) is 0 Å². The number of benzene rings is 1. The van der Waals surface area contributed by atoms with Gasteiger partial charge in [0.1, 0.15) is 0 Å². The van der Waals surface area contributed by atoms with E-state index in [-0.39, 0.29) is 17.4 Å². The minimum absolute atomic E-state index is 0.133. The van der Waals surface area contributed by atoms with Crippen LogP contribution in [0.3, 0.4) is 0 Å². The zero-order valence-corrected chi connectivity index (χ0v) is 9.59. The smallest absolute Gasteiger partial charge is 0.209 e. The van der Waals surface area contributed by atoms with Gasteiger partial charge in [0.25, 0.3) is 0 Å². The van der Waals surface area contributed by atoms with Crippen LogP contribution in [0.4, 0.5) is 8.78 Å². The molecule has 0 aromatic heterocycles. The molecule has 0 saturated carbocycles. The first-order valence-corrected chi connectivity index (χ1v) is 5.63. The molecule has 0 radical (unpaired) electrons. The second-order valence-corrected chi connectivity index (χ2v) is 4.15. The van der Waals surface area contributed by atoms with E-state index in [1.165, 1.54) is 13.2 Å². The second-order valence-electron chi connectivity index (χ2n) is 4.15. The zero-order chi connectivity index (χ0) is 12.4. The van der Waals surface area contributed by atoms with Crippen LogP contribution in [0, 0.1) is 11.6 Å². The molecule has 1 heterocycles. The highest BCUT2D eigenvalue weighted by Gasteiger charge is 2.24. The summed E-state index contributed by atoms with van der Waals surface area (Å²) in [5.41, 5.74) is 0.264. The van der Waals surface area contributed by atoms with Gasteiger partial charge in [0, 0.05) is 11.6 Å². The van der Waals surface area contributed by atoms with Crippen molar-refractivity contribution in [3.05, 3.63) is 23.3 Å². The van der Waals surface area contributed by atoms with Crippen molar-refractivity contribution in [2.24, 2.45) is 0 Å². The topological polar surface area (TPSA) is 41.5 Å². The van der Waals surface area contributed by atoms with Crippen LogP contribution in [0.15, 0.2) is 6.07 Å². The van der Waals surface area contributed by atoms with Gasteiger partial charge in [-0.2, -0.15) is 4.39 Å². The van der Waals surface area contributed by atoms with Gasteiger partial charge in [-0.25, -0.2) is 4.39 Å². The molecule has 0 amide bonds. The van der Waals surface area contributed by atoms with Gasteiger partial charge in [-0.1, -0.05) is 6.42 Å². The Morgan fingerprint density at radius 2 is 2.12 bits per heavy atom. The molecule has 17 heavy (non-hydrogen) atoms. The number of phenolic OH excluding ortho intramolecular Hbond substituents is 1. The SMILES string of the molecule is COc1cc(C2CCCCN2)c(F)c(O)c1F. The lowest BCUT2D eigenvalue weighted by atomic mass is 9.96. The Morgan fingerprint density at radius 1 is 1.35 bits per heavy atom. The Labute approximate surface area is 98.4 Å². The molecule has 1 aromatic carbocycles. The Hall–Kier alpha value is -1.36. The lowest BCUT2D eigenvalue weighted by Crippen LogP contribution is -2.27. The summed E-state index contributed by atoms with van der Waals surface area (Å²) in [7, 11) is 1.29. The van der Waals surface area contributed by atoms with E-state index in [9.17, 15) is 13.9 Å². The molecular formula is C12H15F2NO2. The van der Waals surface area contributed by atoms with E-state index in [1.54, 1.807) is 0 Å². The van der Waals surface area contributed by atoms with Crippen LogP contribution in [-0.2, 0) is 0 Å². The first-order valence-electron chi connectivity index (χ1n) is 5.63. The summed E-state index contributed by atoms with van der Waals surface area (Å²) < 4.78 is 31.9. The van der Waals surface area contributed by atoms with Gasteiger partial charge in [0.05, 0.1) is 7.11 Å². The van der Waals surface area contributed by atoms with E-state index in [0.717, 1.165) is 25.8 Å². The molecule has 94 valence electrons. The summed E-state index contributed by atoms with van der Waals surface area (Å²) >= 11 is 0. The van der Waals surface area contributed by atoms with Crippen molar-refractivity contribution in [3.8, 4) is 11.5 Å². The number of ether oxygens (including phenoxy) is 1. The number of piperidine rings is 1. The largest absolute Gasteiger partial charge is 0.503 e. The van der Waals surface area contributed by atoms with Crippen LogP contribution in [0.5, 0.6) is 11.5 Å². The highest BCUT2D eigenvalue weighted by atomic mass is 19.1. The van der Waals surface area contributed by atoms with Gasteiger partial charge < -0.3 is 15.2 Å². The number of nitrogens with one attached hydrogen (secondary N) is 1. The number of rotatable bonds is 2. The first kappa shape index (κ1) is 12.1. The molecule has 2 rings (SSSR count). The Morgan fingerprint density at radius 3 is 2.71 bits per heavy atom. The fourth-order valence-corrected chi connectivity index (χ4v) is 2.14. The molecule has 0 aliphatic carbocycles. The molecule has 1 atom stereocenters. The van der Waals surface area contributed by atoms with Crippen molar-refractivity contribution in [1.82, 2.24) is 5.32 Å². The van der Waals surface area contributed by atoms with Crippen molar-refractivity contribution >= 4 is 0 Å². The summed E-state index contributed by atoms with van der Waals surface area (Å²) in [5.74, 6) is -3.05. The van der Waals surface area contributed by atoms with Crippen LogP contribution in [0.2, 0.25) is 0 Å². The van der Waals surface area contributed by atoms with Gasteiger partial charge in [-0.3, -0.25) is 0 Å². The molecule has 5 heteroatoms. The third-order valence-electron chi connectivity index (χ3n) is 3.08. The van der Waals surface area contributed by atoms with Crippen LogP contribution in [0.1, 0.15) is 30.9 Å². The highest BCUT2D eigenvalue weighted by molar-refractivity contribution is 5.42. The highest BCUT2D eigenvalue weighted by Crippen LogP contribution is 2.36. The first-order chi connectivity index (χ1) is 8.15. The average Bonchev–Trinajstić information content (AvgIpc) is 2.37. The maximum absolute atomic E-state index is 13.8. The molecule has 1 aliphatic rings. The van der Waals surface area contributed by atoms with Crippen molar-refractivity contribution in [1.29, 1.82) is 0 Å². The lowest BCUT2D eigenvalue weighted by Gasteiger charge is -2.24. The van der Waals surface area contributed by atoms with E-state index in [2.05, 4.69) is 5.32 Å². The monoisotopic (exact) mass is 243 g/mol. The van der Waals surface area contributed by atoms with Gasteiger partial charge in [0.2, 0.25) is 5.82 Å². The third-order valence-corrected chi connectivity index (χ3v) is 3.08. The predicted molar refractivity (Wildman–Crippen MR) is 59.2 cm³/mol. The molecule has 1 aliphatic heterocycles. The van der Waals surface area contributed by atoms with E-state index in [4.69, 9.17) is 4.74 Å². The van der Waals surface area contributed by atoms with Gasteiger partial charge >= 0.3 is 0 Å². The molecule has 1 saturated heterocycles. The number of methoxy groups -OCH3 is 1. The summed E-state index contributed by atoms with van der Waals surface area (Å²) in [4.78, 5) is 0. The van der Waals surface area contributed by atoms with Crippen LogP contribution in [0.25, 0.3) is 0 Å². The number of phenols is 1. The molecule has 0 spiro atoms. The standard InChI is InChI=1S/C12H15F2NO2/c1-17-9-6-7(8-4-2-3-5-15-8)10(13)12(16)11(9)14/h6,8,15-16H,2-5H2,1H3. The van der Waals surface area contributed by atoms with E-state index >= 15 is 0 Å². The molecule has 2 N–H and O–H groups in total. The predicted octanol–water partition coefficient (Wildman–Crippen LogP) is 2.49. The number of aromatic hydroxyl groups is 1. The molecular weight excluding hydrogens is 228 g/mol. The Balaban J connectivity index is 2.42. The quantitative estimate of drug-likeness (QED) is 0.838.